The molecule has 7 heteroatoms. The summed E-state index contributed by atoms with van der Waals surface area (Å²) < 4.78 is 33.7. The molecule has 0 spiro atoms. The average Bonchev–Trinajstić information content (AvgIpc) is 2.78. The fraction of sp³-hybridized carbons (Fsp3) is 0.296. The SMILES string of the molecule is CCOc1ccc(S(=O)(=O)N(CC(=O)NC(C)c2ccc(C)cc2C)c2ccc(C)cc2)cc1. The van der Waals surface area contributed by atoms with Crippen molar-refractivity contribution in [3.63, 3.8) is 0 Å². The van der Waals surface area contributed by atoms with E-state index < -0.39 is 10.0 Å². The molecule has 180 valence electrons. The van der Waals surface area contributed by atoms with Crippen molar-refractivity contribution in [2.75, 3.05) is 17.5 Å². The normalized spacial score (nSPS) is 12.1. The van der Waals surface area contributed by atoms with E-state index in [2.05, 4.69) is 11.4 Å². The van der Waals surface area contributed by atoms with Gasteiger partial charge in [0.1, 0.15) is 12.3 Å². The van der Waals surface area contributed by atoms with Crippen LogP contribution >= 0.6 is 0 Å². The van der Waals surface area contributed by atoms with Crippen LogP contribution in [-0.2, 0) is 14.8 Å². The Labute approximate surface area is 202 Å². The third-order valence-corrected chi connectivity index (χ3v) is 7.39. The molecule has 1 atom stereocenters. The molecule has 3 aromatic rings. The quantitative estimate of drug-likeness (QED) is 0.463. The first-order chi connectivity index (χ1) is 16.1. The van der Waals surface area contributed by atoms with Gasteiger partial charge in [0.2, 0.25) is 5.91 Å². The second-order valence-corrected chi connectivity index (χ2v) is 10.3. The zero-order valence-electron chi connectivity index (χ0n) is 20.3. The van der Waals surface area contributed by atoms with Crippen molar-refractivity contribution in [3.05, 3.63) is 89.0 Å². The summed E-state index contributed by atoms with van der Waals surface area (Å²) in [6, 6.07) is 19.1. The van der Waals surface area contributed by atoms with Crippen LogP contribution in [0, 0.1) is 20.8 Å². The lowest BCUT2D eigenvalue weighted by Crippen LogP contribution is -2.41. The van der Waals surface area contributed by atoms with Gasteiger partial charge in [-0.2, -0.15) is 0 Å². The summed E-state index contributed by atoms with van der Waals surface area (Å²) in [5.74, 6) is 0.200. The molecule has 0 aliphatic carbocycles. The first-order valence-corrected chi connectivity index (χ1v) is 12.7. The number of ether oxygens (including phenoxy) is 1. The van der Waals surface area contributed by atoms with Crippen LogP contribution in [0.4, 0.5) is 5.69 Å². The summed E-state index contributed by atoms with van der Waals surface area (Å²) >= 11 is 0. The fourth-order valence-corrected chi connectivity index (χ4v) is 5.26. The predicted octanol–water partition coefficient (Wildman–Crippen LogP) is 5.08. The van der Waals surface area contributed by atoms with Gasteiger partial charge in [0, 0.05) is 0 Å². The number of hydrogen-bond donors (Lipinski definition) is 1. The monoisotopic (exact) mass is 480 g/mol. The van der Waals surface area contributed by atoms with E-state index in [1.54, 1.807) is 24.3 Å². The molecule has 3 rings (SSSR count). The molecule has 0 aliphatic rings. The van der Waals surface area contributed by atoms with Crippen molar-refractivity contribution in [1.82, 2.24) is 5.32 Å². The molecule has 0 aliphatic heterocycles. The van der Waals surface area contributed by atoms with Crippen LogP contribution in [0.2, 0.25) is 0 Å². The number of carbonyl (C=O) groups is 1. The van der Waals surface area contributed by atoms with Gasteiger partial charge in [0.05, 0.1) is 23.2 Å². The highest BCUT2D eigenvalue weighted by molar-refractivity contribution is 7.92. The van der Waals surface area contributed by atoms with Gasteiger partial charge in [-0.15, -0.1) is 0 Å². The Morgan fingerprint density at radius 2 is 1.56 bits per heavy atom. The van der Waals surface area contributed by atoms with Gasteiger partial charge in [-0.05, 0) is 82.1 Å². The second kappa shape index (κ2) is 10.7. The van der Waals surface area contributed by atoms with Crippen molar-refractivity contribution in [1.29, 1.82) is 0 Å². The zero-order valence-corrected chi connectivity index (χ0v) is 21.1. The highest BCUT2D eigenvalue weighted by Gasteiger charge is 2.28. The van der Waals surface area contributed by atoms with Gasteiger partial charge in [0.25, 0.3) is 10.0 Å². The maximum Gasteiger partial charge on any atom is 0.264 e. The molecule has 0 aromatic heterocycles. The van der Waals surface area contributed by atoms with E-state index in [0.717, 1.165) is 26.6 Å². The van der Waals surface area contributed by atoms with Gasteiger partial charge < -0.3 is 10.1 Å². The molecule has 3 aromatic carbocycles. The van der Waals surface area contributed by atoms with Crippen molar-refractivity contribution in [2.45, 2.75) is 45.6 Å². The summed E-state index contributed by atoms with van der Waals surface area (Å²) in [4.78, 5) is 13.1. The molecule has 1 N–H and O–H groups in total. The number of nitrogens with zero attached hydrogens (tertiary/aromatic N) is 1. The molecule has 34 heavy (non-hydrogen) atoms. The van der Waals surface area contributed by atoms with Crippen LogP contribution in [0.25, 0.3) is 0 Å². The Morgan fingerprint density at radius 1 is 0.941 bits per heavy atom. The highest BCUT2D eigenvalue weighted by Crippen LogP contribution is 2.26. The van der Waals surface area contributed by atoms with Crippen molar-refractivity contribution >= 4 is 21.6 Å². The molecule has 1 unspecified atom stereocenters. The third-order valence-electron chi connectivity index (χ3n) is 5.60. The van der Waals surface area contributed by atoms with E-state index in [1.807, 2.05) is 58.9 Å². The summed E-state index contributed by atoms with van der Waals surface area (Å²) in [5, 5.41) is 2.95. The smallest absolute Gasteiger partial charge is 0.264 e. The molecule has 6 nitrogen and oxygen atoms in total. The summed E-state index contributed by atoms with van der Waals surface area (Å²) in [5.41, 5.74) is 4.64. The Hall–Kier alpha value is -3.32. The van der Waals surface area contributed by atoms with Gasteiger partial charge in [0.15, 0.2) is 0 Å². The molecule has 0 bridgehead atoms. The standard InChI is InChI=1S/C27H32N2O4S/c1-6-33-24-12-14-25(15-13-24)34(31,32)29(23-10-7-19(2)8-11-23)18-27(30)28-22(5)26-16-9-20(3)17-21(26)4/h7-17,22H,6,18H2,1-5H3,(H,28,30). The Balaban J connectivity index is 1.88. The molecule has 0 saturated heterocycles. The van der Waals surface area contributed by atoms with Crippen LogP contribution in [0.3, 0.4) is 0 Å². The van der Waals surface area contributed by atoms with Crippen LogP contribution in [0.15, 0.2) is 71.6 Å². The zero-order chi connectivity index (χ0) is 24.9. The number of aryl methyl sites for hydroxylation is 3. The van der Waals surface area contributed by atoms with E-state index in [4.69, 9.17) is 4.74 Å². The third kappa shape index (κ3) is 5.97. The summed E-state index contributed by atoms with van der Waals surface area (Å²) in [6.07, 6.45) is 0. The minimum atomic E-state index is -3.99. The first-order valence-electron chi connectivity index (χ1n) is 11.3. The number of sulfonamides is 1. The number of hydrogen-bond acceptors (Lipinski definition) is 4. The molecular weight excluding hydrogens is 448 g/mol. The maximum absolute atomic E-state index is 13.6. The minimum absolute atomic E-state index is 0.0896. The molecule has 1 amide bonds. The minimum Gasteiger partial charge on any atom is -0.494 e. The number of amides is 1. The molecule has 0 radical (unpaired) electrons. The summed E-state index contributed by atoms with van der Waals surface area (Å²) in [7, 11) is -3.99. The summed E-state index contributed by atoms with van der Waals surface area (Å²) in [6.45, 7) is 9.85. The first kappa shape index (κ1) is 25.3. The van der Waals surface area contributed by atoms with Gasteiger partial charge in [-0.25, -0.2) is 8.42 Å². The lowest BCUT2D eigenvalue weighted by molar-refractivity contribution is -0.120. The van der Waals surface area contributed by atoms with Crippen molar-refractivity contribution < 1.29 is 17.9 Å². The highest BCUT2D eigenvalue weighted by atomic mass is 32.2. The maximum atomic E-state index is 13.6. The Bertz CT molecular complexity index is 1240. The van der Waals surface area contributed by atoms with Crippen molar-refractivity contribution in [3.8, 4) is 5.75 Å². The van der Waals surface area contributed by atoms with Crippen LogP contribution < -0.4 is 14.4 Å². The van der Waals surface area contributed by atoms with Crippen LogP contribution in [0.1, 0.15) is 42.1 Å². The number of anilines is 1. The van der Waals surface area contributed by atoms with Gasteiger partial charge in [-0.1, -0.05) is 41.5 Å². The van der Waals surface area contributed by atoms with Crippen LogP contribution in [0.5, 0.6) is 5.75 Å². The number of carbonyl (C=O) groups excluding carboxylic acids is 1. The number of benzene rings is 3. The van der Waals surface area contributed by atoms with Crippen molar-refractivity contribution in [2.24, 2.45) is 0 Å². The topological polar surface area (TPSA) is 75.7 Å². The molecular formula is C27H32N2O4S. The number of nitrogens with one attached hydrogen (secondary N) is 1. The lowest BCUT2D eigenvalue weighted by atomic mass is 10.0. The average molecular weight is 481 g/mol. The largest absolute Gasteiger partial charge is 0.494 e. The lowest BCUT2D eigenvalue weighted by Gasteiger charge is -2.25. The molecule has 0 heterocycles. The van der Waals surface area contributed by atoms with E-state index in [-0.39, 0.29) is 23.4 Å². The van der Waals surface area contributed by atoms with Gasteiger partial charge in [-0.3, -0.25) is 9.10 Å². The molecule has 0 saturated carbocycles. The van der Waals surface area contributed by atoms with Crippen LogP contribution in [-0.4, -0.2) is 27.5 Å². The fourth-order valence-electron chi connectivity index (χ4n) is 3.83. The van der Waals surface area contributed by atoms with E-state index >= 15 is 0 Å². The number of rotatable bonds is 9. The van der Waals surface area contributed by atoms with E-state index in [1.165, 1.54) is 12.1 Å². The Morgan fingerprint density at radius 3 is 2.15 bits per heavy atom. The predicted molar refractivity (Wildman–Crippen MR) is 136 cm³/mol. The Kier molecular flexibility index (Phi) is 7.99. The van der Waals surface area contributed by atoms with Gasteiger partial charge >= 0.3 is 0 Å². The van der Waals surface area contributed by atoms with E-state index in [9.17, 15) is 13.2 Å². The second-order valence-electron chi connectivity index (χ2n) is 8.40. The van der Waals surface area contributed by atoms with E-state index in [0.29, 0.717) is 18.0 Å². The molecule has 0 fully saturated rings.